The zero-order valence-electron chi connectivity index (χ0n) is 12.2. The second-order valence-corrected chi connectivity index (χ2v) is 6.20. The molecular weight excluding hydrogens is 238 g/mol. The molecule has 0 saturated heterocycles. The Morgan fingerprint density at radius 3 is 2.74 bits per heavy atom. The number of benzene rings is 1. The predicted molar refractivity (Wildman–Crippen MR) is 78.4 cm³/mol. The minimum absolute atomic E-state index is 0.0319. The average Bonchev–Trinajstić information content (AvgIpc) is 2.47. The Bertz CT molecular complexity index is 465. The summed E-state index contributed by atoms with van der Waals surface area (Å²) in [6.45, 7) is 9.57. The highest BCUT2D eigenvalue weighted by atomic mass is 16.2. The van der Waals surface area contributed by atoms with E-state index in [0.717, 1.165) is 17.8 Å². The molecule has 104 valence electrons. The fourth-order valence-electron chi connectivity index (χ4n) is 2.23. The van der Waals surface area contributed by atoms with Crippen molar-refractivity contribution in [2.75, 3.05) is 11.4 Å². The number of rotatable bonds is 0. The van der Waals surface area contributed by atoms with Crippen LogP contribution in [0.2, 0.25) is 0 Å². The van der Waals surface area contributed by atoms with Crippen molar-refractivity contribution in [2.45, 2.75) is 45.8 Å². The van der Waals surface area contributed by atoms with E-state index in [1.165, 1.54) is 0 Å². The molecule has 4 nitrogen and oxygen atoms in total. The number of hydrogen-bond acceptors (Lipinski definition) is 2. The lowest BCUT2D eigenvalue weighted by Gasteiger charge is -2.29. The maximum atomic E-state index is 12.5. The van der Waals surface area contributed by atoms with Crippen LogP contribution in [0.3, 0.4) is 0 Å². The summed E-state index contributed by atoms with van der Waals surface area (Å²) in [5.41, 5.74) is 1.94. The van der Waals surface area contributed by atoms with Gasteiger partial charge >= 0.3 is 6.03 Å². The molecule has 1 aliphatic rings. The molecule has 2 rings (SSSR count). The molecule has 1 aromatic carbocycles. The first-order valence-electron chi connectivity index (χ1n) is 6.78. The molecule has 0 spiro atoms. The molecule has 2 amide bonds. The van der Waals surface area contributed by atoms with E-state index in [4.69, 9.17) is 0 Å². The summed E-state index contributed by atoms with van der Waals surface area (Å²) in [6, 6.07) is 8.31. The lowest BCUT2D eigenvalue weighted by atomic mass is 10.1. The zero-order valence-corrected chi connectivity index (χ0v) is 12.2. The van der Waals surface area contributed by atoms with E-state index in [2.05, 4.69) is 23.6 Å². The lowest BCUT2D eigenvalue weighted by Crippen LogP contribution is -2.51. The highest BCUT2D eigenvalue weighted by molar-refractivity contribution is 5.93. The molecule has 2 N–H and O–H groups in total. The summed E-state index contributed by atoms with van der Waals surface area (Å²) in [4.78, 5) is 14.3. The van der Waals surface area contributed by atoms with Crippen LogP contribution >= 0.6 is 0 Å². The van der Waals surface area contributed by atoms with Crippen molar-refractivity contribution in [1.29, 1.82) is 0 Å². The number of fused-ring (bicyclic) bond motifs is 1. The highest BCUT2D eigenvalue weighted by Gasteiger charge is 2.26. The summed E-state index contributed by atoms with van der Waals surface area (Å²) >= 11 is 0. The molecule has 1 aliphatic heterocycles. The molecule has 1 unspecified atom stereocenters. The Morgan fingerprint density at radius 2 is 2.05 bits per heavy atom. The third-order valence-corrected chi connectivity index (χ3v) is 3.11. The van der Waals surface area contributed by atoms with Crippen LogP contribution in [0.15, 0.2) is 24.3 Å². The maximum Gasteiger partial charge on any atom is 0.322 e. The van der Waals surface area contributed by atoms with Gasteiger partial charge in [-0.05, 0) is 39.3 Å². The molecular formula is C15H23N3O. The quantitative estimate of drug-likeness (QED) is 0.753. The van der Waals surface area contributed by atoms with Crippen LogP contribution in [0.5, 0.6) is 0 Å². The third-order valence-electron chi connectivity index (χ3n) is 3.11. The van der Waals surface area contributed by atoms with E-state index in [0.29, 0.717) is 6.54 Å². The van der Waals surface area contributed by atoms with Gasteiger partial charge in [0.1, 0.15) is 0 Å². The van der Waals surface area contributed by atoms with Crippen LogP contribution in [0.4, 0.5) is 10.5 Å². The third kappa shape index (κ3) is 3.47. The van der Waals surface area contributed by atoms with Crippen molar-refractivity contribution in [3.63, 3.8) is 0 Å². The van der Waals surface area contributed by atoms with E-state index < -0.39 is 0 Å². The summed E-state index contributed by atoms with van der Waals surface area (Å²) in [7, 11) is 0. The van der Waals surface area contributed by atoms with Crippen molar-refractivity contribution in [1.82, 2.24) is 10.6 Å². The van der Waals surface area contributed by atoms with Gasteiger partial charge in [0.2, 0.25) is 0 Å². The van der Waals surface area contributed by atoms with Gasteiger partial charge in [0.05, 0.1) is 0 Å². The van der Waals surface area contributed by atoms with Crippen molar-refractivity contribution < 1.29 is 4.79 Å². The molecule has 0 aromatic heterocycles. The first kappa shape index (κ1) is 13.9. The lowest BCUT2D eigenvalue weighted by molar-refractivity contribution is 0.237. The van der Waals surface area contributed by atoms with Crippen LogP contribution in [-0.2, 0) is 6.54 Å². The molecule has 0 saturated carbocycles. The predicted octanol–water partition coefficient (Wildman–Crippen LogP) is 2.49. The number of nitrogens with zero attached hydrogens (tertiary/aromatic N) is 1. The molecule has 0 radical (unpaired) electrons. The Balaban J connectivity index is 2.29. The number of amides is 2. The maximum absolute atomic E-state index is 12.5. The van der Waals surface area contributed by atoms with Crippen LogP contribution < -0.4 is 15.5 Å². The summed E-state index contributed by atoms with van der Waals surface area (Å²) in [5.74, 6) is 0. The number of nitrogens with one attached hydrogen (secondary N) is 2. The van der Waals surface area contributed by atoms with Gasteiger partial charge in [-0.1, -0.05) is 18.2 Å². The van der Waals surface area contributed by atoms with E-state index in [9.17, 15) is 4.79 Å². The zero-order chi connectivity index (χ0) is 14.0. The van der Waals surface area contributed by atoms with Gasteiger partial charge in [-0.15, -0.1) is 0 Å². The average molecular weight is 261 g/mol. The normalized spacial score (nSPS) is 19.6. The van der Waals surface area contributed by atoms with Crippen LogP contribution in [0.25, 0.3) is 0 Å². The SMILES string of the molecule is CC1CN(C(=O)NC(C)(C)C)c2ccccc2CN1. The van der Waals surface area contributed by atoms with Gasteiger partial charge in [0.25, 0.3) is 0 Å². The smallest absolute Gasteiger partial charge is 0.322 e. The number of carbonyl (C=O) groups is 1. The second kappa shape index (κ2) is 5.21. The first-order valence-corrected chi connectivity index (χ1v) is 6.78. The molecule has 0 aliphatic carbocycles. The number of urea groups is 1. The molecule has 19 heavy (non-hydrogen) atoms. The van der Waals surface area contributed by atoms with Gasteiger partial charge in [0, 0.05) is 30.4 Å². The Morgan fingerprint density at radius 1 is 1.37 bits per heavy atom. The fraction of sp³-hybridized carbons (Fsp3) is 0.533. The van der Waals surface area contributed by atoms with Crippen molar-refractivity contribution >= 4 is 11.7 Å². The first-order chi connectivity index (χ1) is 8.87. The highest BCUT2D eigenvalue weighted by Crippen LogP contribution is 2.23. The second-order valence-electron chi connectivity index (χ2n) is 6.20. The van der Waals surface area contributed by atoms with Crippen molar-refractivity contribution in [3.8, 4) is 0 Å². The van der Waals surface area contributed by atoms with E-state index in [-0.39, 0.29) is 17.6 Å². The van der Waals surface area contributed by atoms with Gasteiger partial charge < -0.3 is 10.6 Å². The molecule has 1 atom stereocenters. The number of hydrogen-bond donors (Lipinski definition) is 2. The molecule has 0 fully saturated rings. The fourth-order valence-corrected chi connectivity index (χ4v) is 2.23. The van der Waals surface area contributed by atoms with Crippen LogP contribution in [0, 0.1) is 0 Å². The van der Waals surface area contributed by atoms with Crippen molar-refractivity contribution in [3.05, 3.63) is 29.8 Å². The molecule has 0 bridgehead atoms. The number of carbonyl (C=O) groups excluding carboxylic acids is 1. The molecule has 4 heteroatoms. The number of anilines is 1. The topological polar surface area (TPSA) is 44.4 Å². The van der Waals surface area contributed by atoms with E-state index in [1.54, 1.807) is 0 Å². The Hall–Kier alpha value is -1.55. The van der Waals surface area contributed by atoms with Crippen LogP contribution in [0.1, 0.15) is 33.3 Å². The summed E-state index contributed by atoms with van der Waals surface area (Å²) in [5, 5.41) is 6.46. The van der Waals surface area contributed by atoms with Crippen LogP contribution in [-0.4, -0.2) is 24.2 Å². The van der Waals surface area contributed by atoms with Gasteiger partial charge in [-0.25, -0.2) is 4.79 Å². The monoisotopic (exact) mass is 261 g/mol. The van der Waals surface area contributed by atoms with Crippen molar-refractivity contribution in [2.24, 2.45) is 0 Å². The molecule has 1 aromatic rings. The standard InChI is InChI=1S/C15H23N3O/c1-11-10-18(14(19)17-15(2,3)4)13-8-6-5-7-12(13)9-16-11/h5-8,11,16H,9-10H2,1-4H3,(H,17,19). The largest absolute Gasteiger partial charge is 0.333 e. The Labute approximate surface area is 115 Å². The number of para-hydroxylation sites is 1. The van der Waals surface area contributed by atoms with Gasteiger partial charge in [-0.3, -0.25) is 4.90 Å². The Kier molecular flexibility index (Phi) is 3.80. The van der Waals surface area contributed by atoms with E-state index in [1.807, 2.05) is 43.9 Å². The van der Waals surface area contributed by atoms with Gasteiger partial charge in [-0.2, -0.15) is 0 Å². The minimum atomic E-state index is -0.227. The minimum Gasteiger partial charge on any atom is -0.333 e. The summed E-state index contributed by atoms with van der Waals surface area (Å²) in [6.07, 6.45) is 0. The van der Waals surface area contributed by atoms with E-state index >= 15 is 0 Å². The summed E-state index contributed by atoms with van der Waals surface area (Å²) < 4.78 is 0. The molecule has 1 heterocycles. The van der Waals surface area contributed by atoms with Gasteiger partial charge in [0.15, 0.2) is 0 Å².